The van der Waals surface area contributed by atoms with Gasteiger partial charge in [0.05, 0.1) is 0 Å². The summed E-state index contributed by atoms with van der Waals surface area (Å²) in [5.41, 5.74) is 0. The van der Waals surface area contributed by atoms with Gasteiger partial charge in [-0.25, -0.2) is 0 Å². The van der Waals surface area contributed by atoms with Crippen molar-refractivity contribution in [1.29, 1.82) is 0 Å². The number of hydrogen-bond donors (Lipinski definition) is 1. The van der Waals surface area contributed by atoms with E-state index in [4.69, 9.17) is 11.5 Å². The molecular weight excluding hydrogens is 388 g/mol. The molecule has 0 bridgehead atoms. The van der Waals surface area contributed by atoms with Gasteiger partial charge in [0.15, 0.2) is 0 Å². The van der Waals surface area contributed by atoms with E-state index in [1.807, 2.05) is 6.08 Å². The van der Waals surface area contributed by atoms with Gasteiger partial charge in [-0.2, -0.15) is 0 Å². The van der Waals surface area contributed by atoms with Gasteiger partial charge in [-0.3, -0.25) is 0 Å². The summed E-state index contributed by atoms with van der Waals surface area (Å²) in [7, 11) is 0. The van der Waals surface area contributed by atoms with Crippen molar-refractivity contribution in [2.75, 3.05) is 6.61 Å². The molecule has 1 nitrogen and oxygen atoms in total. The van der Waals surface area contributed by atoms with Crippen molar-refractivity contribution in [2.45, 2.75) is 128 Å². The van der Waals surface area contributed by atoms with Crippen LogP contribution in [0.2, 0.25) is 0 Å². The minimum atomic E-state index is -0.0972. The van der Waals surface area contributed by atoms with E-state index in [0.29, 0.717) is 0 Å². The summed E-state index contributed by atoms with van der Waals surface area (Å²) in [6.07, 6.45) is 40.1. The molecule has 0 saturated carbocycles. The number of hydrogen-bond acceptors (Lipinski definition) is 1. The number of terminal acetylenes is 1. The van der Waals surface area contributed by atoms with Gasteiger partial charge in [-0.15, -0.1) is 6.42 Å². The van der Waals surface area contributed by atoms with Crippen LogP contribution in [0.1, 0.15) is 128 Å². The van der Waals surface area contributed by atoms with Crippen LogP contribution in [0.25, 0.3) is 0 Å². The first-order valence-electron chi connectivity index (χ1n) is 13.2. The van der Waals surface area contributed by atoms with Gasteiger partial charge in [0.2, 0.25) is 0 Å². The highest BCUT2D eigenvalue weighted by Crippen LogP contribution is 2.12. The van der Waals surface area contributed by atoms with Gasteiger partial charge in [0.1, 0.15) is 6.61 Å². The molecule has 0 aromatic rings. The summed E-state index contributed by atoms with van der Waals surface area (Å²) in [6.45, 7) is -0.0972. The molecule has 0 radical (unpaired) electrons. The maximum atomic E-state index is 8.51. The van der Waals surface area contributed by atoms with Crippen LogP contribution in [0, 0.1) is 36.0 Å². The van der Waals surface area contributed by atoms with E-state index in [0.717, 1.165) is 12.8 Å². The summed E-state index contributed by atoms with van der Waals surface area (Å²) >= 11 is 0. The van der Waals surface area contributed by atoms with Crippen LogP contribution in [0.15, 0.2) is 24.3 Å². The zero-order valence-corrected chi connectivity index (χ0v) is 20.7. The fourth-order valence-corrected chi connectivity index (χ4v) is 3.70. The lowest BCUT2D eigenvalue weighted by atomic mass is 10.1. The second-order valence-electron chi connectivity index (χ2n) is 8.57. The van der Waals surface area contributed by atoms with E-state index in [-0.39, 0.29) is 6.61 Å². The van der Waals surface area contributed by atoms with Crippen molar-refractivity contribution < 1.29 is 5.11 Å². The molecule has 0 saturated heterocycles. The van der Waals surface area contributed by atoms with E-state index >= 15 is 0 Å². The van der Waals surface area contributed by atoms with Crippen molar-refractivity contribution in [3.05, 3.63) is 24.3 Å². The van der Waals surface area contributed by atoms with E-state index in [1.165, 1.54) is 116 Å². The lowest BCUT2D eigenvalue weighted by Gasteiger charge is -2.01. The molecule has 1 heteroatoms. The minimum Gasteiger partial charge on any atom is -0.384 e. The van der Waals surface area contributed by atoms with Gasteiger partial charge < -0.3 is 5.11 Å². The molecule has 0 unspecified atom stereocenters. The van der Waals surface area contributed by atoms with Crippen LogP contribution in [-0.2, 0) is 0 Å². The Bertz CT molecular complexity index is 596. The third-order valence-electron chi connectivity index (χ3n) is 5.61. The Hall–Kier alpha value is -1.88. The SMILES string of the molecule is C#C/C=C\CCCCCCCCCC/C=C\CCCCCCCCCCC#CC#CCO. The zero-order valence-electron chi connectivity index (χ0n) is 20.7. The van der Waals surface area contributed by atoms with Gasteiger partial charge in [0.25, 0.3) is 0 Å². The summed E-state index contributed by atoms with van der Waals surface area (Å²) in [4.78, 5) is 0. The van der Waals surface area contributed by atoms with Gasteiger partial charge in [0, 0.05) is 6.42 Å². The molecule has 0 aliphatic rings. The molecule has 0 aromatic heterocycles. The van der Waals surface area contributed by atoms with E-state index in [9.17, 15) is 0 Å². The average molecular weight is 437 g/mol. The minimum absolute atomic E-state index is 0.0972. The zero-order chi connectivity index (χ0) is 23.2. The summed E-state index contributed by atoms with van der Waals surface area (Å²) in [6, 6.07) is 0. The number of unbranched alkanes of at least 4 members (excludes halogenated alkanes) is 18. The molecule has 0 fully saturated rings. The highest BCUT2D eigenvalue weighted by atomic mass is 16.2. The number of aliphatic hydroxyl groups is 1. The molecule has 0 atom stereocenters. The molecule has 32 heavy (non-hydrogen) atoms. The second-order valence-corrected chi connectivity index (χ2v) is 8.57. The third kappa shape index (κ3) is 28.1. The fraction of sp³-hybridized carbons (Fsp3) is 0.677. The third-order valence-corrected chi connectivity index (χ3v) is 5.61. The predicted octanol–water partition coefficient (Wildman–Crippen LogP) is 8.53. The topological polar surface area (TPSA) is 20.2 Å². The van der Waals surface area contributed by atoms with Gasteiger partial charge in [-0.05, 0) is 62.9 Å². The van der Waals surface area contributed by atoms with Crippen LogP contribution in [0.5, 0.6) is 0 Å². The average Bonchev–Trinajstić information content (AvgIpc) is 2.81. The summed E-state index contributed by atoms with van der Waals surface area (Å²) in [5.74, 6) is 13.5. The maximum Gasteiger partial charge on any atom is 0.105 e. The normalized spacial score (nSPS) is 10.6. The van der Waals surface area contributed by atoms with Crippen LogP contribution in [-0.4, -0.2) is 11.7 Å². The van der Waals surface area contributed by atoms with Crippen molar-refractivity contribution in [1.82, 2.24) is 0 Å². The largest absolute Gasteiger partial charge is 0.384 e. The Balaban J connectivity index is 3.17. The lowest BCUT2D eigenvalue weighted by molar-refractivity contribution is 0.350. The first-order chi connectivity index (χ1) is 15.9. The molecular formula is C31H48O. The Morgan fingerprint density at radius 2 is 0.906 bits per heavy atom. The first-order valence-corrected chi connectivity index (χ1v) is 13.2. The lowest BCUT2D eigenvalue weighted by Crippen LogP contribution is -1.82. The van der Waals surface area contributed by atoms with Crippen LogP contribution in [0.4, 0.5) is 0 Å². The summed E-state index contributed by atoms with van der Waals surface area (Å²) < 4.78 is 0. The molecule has 0 aliphatic heterocycles. The van der Waals surface area contributed by atoms with E-state index in [1.54, 1.807) is 0 Å². The number of aliphatic hydroxyl groups excluding tert-OH is 1. The Morgan fingerprint density at radius 1 is 0.500 bits per heavy atom. The van der Waals surface area contributed by atoms with Crippen LogP contribution >= 0.6 is 0 Å². The molecule has 0 heterocycles. The van der Waals surface area contributed by atoms with Crippen molar-refractivity contribution in [2.24, 2.45) is 0 Å². The standard InChI is InChI=1S/C31H48O/c1-2-3-4-5-6-7-8-9-10-11-12-13-14-15-16-17-18-19-20-21-22-23-24-25-26-27-28-29-30-31-32/h1,3-4,15-16,32H,5-14,17-26,31H2/b4-3-,16-15-. The van der Waals surface area contributed by atoms with Crippen molar-refractivity contribution in [3.63, 3.8) is 0 Å². The molecule has 0 aliphatic carbocycles. The Kier molecular flexibility index (Phi) is 27.4. The molecule has 0 rings (SSSR count). The monoisotopic (exact) mass is 436 g/mol. The molecule has 1 N–H and O–H groups in total. The predicted molar refractivity (Wildman–Crippen MR) is 142 cm³/mol. The number of allylic oxidation sites excluding steroid dienone is 4. The van der Waals surface area contributed by atoms with Crippen molar-refractivity contribution in [3.8, 4) is 36.0 Å². The fourth-order valence-electron chi connectivity index (χ4n) is 3.70. The van der Waals surface area contributed by atoms with Gasteiger partial charge >= 0.3 is 0 Å². The van der Waals surface area contributed by atoms with Crippen LogP contribution in [0.3, 0.4) is 0 Å². The molecule has 0 aromatic carbocycles. The Morgan fingerprint density at radius 3 is 1.38 bits per heavy atom. The highest BCUT2D eigenvalue weighted by Gasteiger charge is 1.93. The maximum absolute atomic E-state index is 8.51. The second kappa shape index (κ2) is 29.1. The first kappa shape index (κ1) is 30.1. The summed E-state index contributed by atoms with van der Waals surface area (Å²) in [5, 5.41) is 8.51. The van der Waals surface area contributed by atoms with E-state index in [2.05, 4.69) is 47.8 Å². The molecule has 0 amide bonds. The smallest absolute Gasteiger partial charge is 0.105 e. The van der Waals surface area contributed by atoms with E-state index < -0.39 is 0 Å². The van der Waals surface area contributed by atoms with Crippen LogP contribution < -0.4 is 0 Å². The molecule has 0 spiro atoms. The number of rotatable bonds is 21. The highest BCUT2D eigenvalue weighted by molar-refractivity contribution is 5.25. The quantitative estimate of drug-likeness (QED) is 0.109. The van der Waals surface area contributed by atoms with Gasteiger partial charge in [-0.1, -0.05) is 113 Å². The molecule has 178 valence electrons. The van der Waals surface area contributed by atoms with Crippen molar-refractivity contribution >= 4 is 0 Å². The Labute approximate surface area is 200 Å².